The van der Waals surface area contributed by atoms with Crippen LogP contribution in [0.25, 0.3) is 0 Å². The van der Waals surface area contributed by atoms with Crippen molar-refractivity contribution in [3.8, 4) is 0 Å². The average Bonchev–Trinajstić information content (AvgIpc) is 2.37. The molecule has 88 valence electrons. The van der Waals surface area contributed by atoms with Gasteiger partial charge in [-0.05, 0) is 25.8 Å². The lowest BCUT2D eigenvalue weighted by molar-refractivity contribution is 0.771. The van der Waals surface area contributed by atoms with Crippen LogP contribution in [0.5, 0.6) is 0 Å². The van der Waals surface area contributed by atoms with Crippen molar-refractivity contribution in [1.82, 2.24) is 4.98 Å². The monoisotopic (exact) mass is 269 g/mol. The van der Waals surface area contributed by atoms with Crippen molar-refractivity contribution in [3.05, 3.63) is 10.7 Å². The van der Waals surface area contributed by atoms with Gasteiger partial charge in [-0.2, -0.15) is 0 Å². The second-order valence-corrected chi connectivity index (χ2v) is 4.39. The molecule has 1 aliphatic heterocycles. The topological polar surface area (TPSA) is 50.9 Å². The van der Waals surface area contributed by atoms with Crippen molar-refractivity contribution >= 4 is 41.2 Å². The quantitative estimate of drug-likeness (QED) is 0.866. The lowest BCUT2D eigenvalue weighted by atomic mass is 10.2. The number of aromatic nitrogens is 1. The Bertz CT molecular complexity index is 267. The van der Waals surface area contributed by atoms with Crippen LogP contribution in [0.3, 0.4) is 0 Å². The van der Waals surface area contributed by atoms with Crippen molar-refractivity contribution in [1.29, 1.82) is 0 Å². The maximum atomic E-state index is 5.50. The summed E-state index contributed by atoms with van der Waals surface area (Å²) in [6.07, 6.45) is 4.56. The number of hydrogen-bond donors (Lipinski definition) is 2. The molecular formula is C9H17Cl2N3S. The van der Waals surface area contributed by atoms with E-state index in [0.29, 0.717) is 6.54 Å². The molecule has 0 spiro atoms. The summed E-state index contributed by atoms with van der Waals surface area (Å²) in [5.74, 6) is 0. The van der Waals surface area contributed by atoms with Crippen molar-refractivity contribution in [2.75, 3.05) is 18.4 Å². The summed E-state index contributed by atoms with van der Waals surface area (Å²) in [5.41, 5.74) is 6.75. The van der Waals surface area contributed by atoms with E-state index in [1.807, 2.05) is 0 Å². The maximum absolute atomic E-state index is 5.50. The van der Waals surface area contributed by atoms with E-state index < -0.39 is 0 Å². The van der Waals surface area contributed by atoms with Gasteiger partial charge in [0, 0.05) is 13.0 Å². The van der Waals surface area contributed by atoms with Crippen LogP contribution in [-0.4, -0.2) is 18.1 Å². The van der Waals surface area contributed by atoms with Crippen molar-refractivity contribution in [2.45, 2.75) is 25.7 Å². The molecule has 0 bridgehead atoms. The fourth-order valence-corrected chi connectivity index (χ4v) is 2.61. The van der Waals surface area contributed by atoms with Gasteiger partial charge in [0.25, 0.3) is 0 Å². The van der Waals surface area contributed by atoms with Crippen molar-refractivity contribution in [3.63, 3.8) is 0 Å². The molecule has 1 aromatic rings. The van der Waals surface area contributed by atoms with Gasteiger partial charge in [0.2, 0.25) is 0 Å². The molecule has 2 rings (SSSR count). The summed E-state index contributed by atoms with van der Waals surface area (Å²) in [5, 5.41) is 5.88. The Morgan fingerprint density at radius 1 is 1.33 bits per heavy atom. The van der Waals surface area contributed by atoms with Crippen LogP contribution in [0.1, 0.15) is 23.5 Å². The molecule has 0 saturated heterocycles. The highest BCUT2D eigenvalue weighted by Gasteiger charge is 2.12. The van der Waals surface area contributed by atoms with Gasteiger partial charge in [0.1, 0.15) is 5.00 Å². The second kappa shape index (κ2) is 7.28. The highest BCUT2D eigenvalue weighted by atomic mass is 35.5. The van der Waals surface area contributed by atoms with Crippen LogP contribution < -0.4 is 11.1 Å². The first-order valence-electron chi connectivity index (χ1n) is 4.82. The first-order chi connectivity index (χ1) is 6.40. The Balaban J connectivity index is 0.000000980. The van der Waals surface area contributed by atoms with Gasteiger partial charge in [-0.1, -0.05) is 0 Å². The molecule has 0 saturated carbocycles. The number of nitrogens with one attached hydrogen (secondary N) is 1. The minimum absolute atomic E-state index is 0. The third kappa shape index (κ3) is 3.79. The Hall–Kier alpha value is -0.0300. The Morgan fingerprint density at radius 3 is 2.87 bits per heavy atom. The number of aryl methyl sites for hydroxylation is 1. The van der Waals surface area contributed by atoms with Crippen LogP contribution in [0, 0.1) is 0 Å². The number of halogens is 2. The molecule has 2 heterocycles. The van der Waals surface area contributed by atoms with E-state index >= 15 is 0 Å². The second-order valence-electron chi connectivity index (χ2n) is 3.31. The summed E-state index contributed by atoms with van der Waals surface area (Å²) >= 11 is 1.77. The van der Waals surface area contributed by atoms with Gasteiger partial charge in [-0.15, -0.1) is 36.2 Å². The van der Waals surface area contributed by atoms with Gasteiger partial charge in [-0.3, -0.25) is 0 Å². The Kier molecular flexibility index (Phi) is 7.26. The van der Waals surface area contributed by atoms with Crippen molar-refractivity contribution < 1.29 is 0 Å². The summed E-state index contributed by atoms with van der Waals surface area (Å²) < 4.78 is 0. The maximum Gasteiger partial charge on any atom is 0.112 e. The molecule has 0 fully saturated rings. The number of rotatable bonds is 2. The number of anilines is 1. The van der Waals surface area contributed by atoms with Gasteiger partial charge < -0.3 is 11.1 Å². The molecule has 0 unspecified atom stereocenters. The minimum Gasteiger partial charge on any atom is -0.375 e. The van der Waals surface area contributed by atoms with E-state index in [0.717, 1.165) is 19.4 Å². The molecule has 0 amide bonds. The van der Waals surface area contributed by atoms with E-state index in [1.165, 1.54) is 28.5 Å². The predicted octanol–water partition coefficient (Wildman–Crippen LogP) is 2.24. The van der Waals surface area contributed by atoms with Crippen LogP contribution >= 0.6 is 36.2 Å². The molecule has 1 aromatic heterocycles. The van der Waals surface area contributed by atoms with Gasteiger partial charge >= 0.3 is 0 Å². The lowest BCUT2D eigenvalue weighted by Gasteiger charge is -1.96. The zero-order valence-electron chi connectivity index (χ0n) is 8.49. The molecule has 0 radical (unpaired) electrons. The van der Waals surface area contributed by atoms with Crippen LogP contribution in [0.15, 0.2) is 0 Å². The van der Waals surface area contributed by atoms with E-state index in [4.69, 9.17) is 5.73 Å². The minimum atomic E-state index is 0. The smallest absolute Gasteiger partial charge is 0.112 e. The highest BCUT2D eigenvalue weighted by molar-refractivity contribution is 7.15. The van der Waals surface area contributed by atoms with Crippen LogP contribution in [-0.2, 0) is 12.8 Å². The molecule has 0 aromatic carbocycles. The number of nitrogens with zero attached hydrogens (tertiary/aromatic N) is 1. The van der Waals surface area contributed by atoms with E-state index in [9.17, 15) is 0 Å². The standard InChI is InChI=1S/C9H15N3S.2ClH/c10-5-4-8-12-7-3-1-2-6-11-9(7)13-8;;/h11H,1-6,10H2;2*1H. The van der Waals surface area contributed by atoms with Crippen LogP contribution in [0.2, 0.25) is 0 Å². The third-order valence-electron chi connectivity index (χ3n) is 2.23. The summed E-state index contributed by atoms with van der Waals surface area (Å²) in [6, 6.07) is 0. The predicted molar refractivity (Wildman–Crippen MR) is 70.8 cm³/mol. The molecule has 6 heteroatoms. The normalized spacial score (nSPS) is 13.9. The largest absolute Gasteiger partial charge is 0.375 e. The average molecular weight is 270 g/mol. The molecular weight excluding hydrogens is 253 g/mol. The first-order valence-corrected chi connectivity index (χ1v) is 5.64. The molecule has 0 aliphatic carbocycles. The zero-order chi connectivity index (χ0) is 9.10. The number of nitrogens with two attached hydrogens (primary N) is 1. The third-order valence-corrected chi connectivity index (χ3v) is 3.34. The zero-order valence-corrected chi connectivity index (χ0v) is 10.9. The van der Waals surface area contributed by atoms with Gasteiger partial charge in [-0.25, -0.2) is 4.98 Å². The SMILES string of the molecule is Cl.Cl.NCCc1nc2c(s1)NCCCC2. The number of hydrogen-bond acceptors (Lipinski definition) is 4. The van der Waals surface area contributed by atoms with Gasteiger partial charge in [0.15, 0.2) is 0 Å². The number of fused-ring (bicyclic) bond motifs is 1. The number of thiazole rings is 1. The van der Waals surface area contributed by atoms with Gasteiger partial charge in [0.05, 0.1) is 10.7 Å². The Labute approximate surface area is 107 Å². The lowest BCUT2D eigenvalue weighted by Crippen LogP contribution is -2.02. The summed E-state index contributed by atoms with van der Waals surface area (Å²) in [7, 11) is 0. The molecule has 3 N–H and O–H groups in total. The fourth-order valence-electron chi connectivity index (χ4n) is 1.56. The summed E-state index contributed by atoms with van der Waals surface area (Å²) in [6.45, 7) is 1.80. The molecule has 1 aliphatic rings. The molecule has 15 heavy (non-hydrogen) atoms. The fraction of sp³-hybridized carbons (Fsp3) is 0.667. The van der Waals surface area contributed by atoms with E-state index in [-0.39, 0.29) is 24.8 Å². The van der Waals surface area contributed by atoms with Crippen LogP contribution in [0.4, 0.5) is 5.00 Å². The Morgan fingerprint density at radius 2 is 2.13 bits per heavy atom. The highest BCUT2D eigenvalue weighted by Crippen LogP contribution is 2.28. The van der Waals surface area contributed by atoms with E-state index in [2.05, 4.69) is 10.3 Å². The van der Waals surface area contributed by atoms with E-state index in [1.54, 1.807) is 11.3 Å². The first kappa shape index (κ1) is 15.0. The molecule has 0 atom stereocenters. The molecule has 3 nitrogen and oxygen atoms in total. The van der Waals surface area contributed by atoms with Crippen molar-refractivity contribution in [2.24, 2.45) is 5.73 Å². The summed E-state index contributed by atoms with van der Waals surface area (Å²) in [4.78, 5) is 4.58.